The van der Waals surface area contributed by atoms with Gasteiger partial charge in [0.15, 0.2) is 11.5 Å². The molecule has 19 heavy (non-hydrogen) atoms. The zero-order chi connectivity index (χ0) is 13.2. The van der Waals surface area contributed by atoms with E-state index in [9.17, 15) is 0 Å². The number of ether oxygens (including phenoxy) is 2. The van der Waals surface area contributed by atoms with E-state index in [1.807, 2.05) is 12.1 Å². The summed E-state index contributed by atoms with van der Waals surface area (Å²) in [6.07, 6.45) is 6.48. The summed E-state index contributed by atoms with van der Waals surface area (Å²) in [6.45, 7) is 0. The van der Waals surface area contributed by atoms with E-state index in [1.165, 1.54) is 32.1 Å². The second-order valence-electron chi connectivity index (χ2n) is 5.18. The first-order valence-corrected chi connectivity index (χ1v) is 6.93. The molecule has 0 atom stereocenters. The largest absolute Gasteiger partial charge is 0.493 e. The van der Waals surface area contributed by atoms with Gasteiger partial charge < -0.3 is 14.5 Å². The highest BCUT2D eigenvalue weighted by atomic mass is 16.5. The number of fused-ring (bicyclic) bond motifs is 1. The second kappa shape index (κ2) is 5.11. The maximum Gasteiger partial charge on any atom is 0.163 e. The Bertz CT molecular complexity index is 530. The first kappa shape index (κ1) is 12.3. The highest BCUT2D eigenvalue weighted by Gasteiger charge is 2.19. The molecule has 0 amide bonds. The van der Waals surface area contributed by atoms with E-state index in [1.54, 1.807) is 14.2 Å². The number of hydrogen-bond acceptors (Lipinski definition) is 3. The molecule has 0 saturated heterocycles. The molecule has 1 saturated carbocycles. The minimum absolute atomic E-state index is 0.582. The van der Waals surface area contributed by atoms with Crippen molar-refractivity contribution in [3.05, 3.63) is 18.0 Å². The van der Waals surface area contributed by atoms with Gasteiger partial charge in [-0.15, -0.1) is 0 Å². The summed E-state index contributed by atoms with van der Waals surface area (Å²) in [7, 11) is 3.31. The third kappa shape index (κ3) is 2.27. The molecule has 1 aromatic carbocycles. The standard InChI is InChI=1S/C15H20N2O2/c1-18-13-8-11-12(9-14(13)19-2)17-15(16-11)10-6-4-3-5-7-10/h8-10H,3-7H2,1-2H3,(H,16,17). The molecule has 4 nitrogen and oxygen atoms in total. The summed E-state index contributed by atoms with van der Waals surface area (Å²) in [6, 6.07) is 3.91. The van der Waals surface area contributed by atoms with Gasteiger partial charge in [0.05, 0.1) is 25.3 Å². The number of nitrogens with zero attached hydrogens (tertiary/aromatic N) is 1. The van der Waals surface area contributed by atoms with Gasteiger partial charge >= 0.3 is 0 Å². The summed E-state index contributed by atoms with van der Waals surface area (Å²) in [4.78, 5) is 8.17. The van der Waals surface area contributed by atoms with Crippen LogP contribution >= 0.6 is 0 Å². The quantitative estimate of drug-likeness (QED) is 0.916. The summed E-state index contributed by atoms with van der Waals surface area (Å²) < 4.78 is 10.6. The van der Waals surface area contributed by atoms with E-state index >= 15 is 0 Å². The van der Waals surface area contributed by atoms with Crippen LogP contribution in [0.15, 0.2) is 12.1 Å². The van der Waals surface area contributed by atoms with Crippen molar-refractivity contribution in [2.75, 3.05) is 14.2 Å². The van der Waals surface area contributed by atoms with Crippen LogP contribution in [-0.4, -0.2) is 24.2 Å². The highest BCUT2D eigenvalue weighted by molar-refractivity contribution is 5.79. The van der Waals surface area contributed by atoms with Crippen molar-refractivity contribution in [2.45, 2.75) is 38.0 Å². The van der Waals surface area contributed by atoms with Crippen molar-refractivity contribution in [3.8, 4) is 11.5 Å². The fourth-order valence-corrected chi connectivity index (χ4v) is 2.93. The number of nitrogens with one attached hydrogen (secondary N) is 1. The first-order valence-electron chi connectivity index (χ1n) is 6.93. The lowest BCUT2D eigenvalue weighted by Gasteiger charge is -2.18. The number of imidazole rings is 1. The van der Waals surface area contributed by atoms with Gasteiger partial charge in [-0.25, -0.2) is 4.98 Å². The Morgan fingerprint density at radius 2 is 1.74 bits per heavy atom. The summed E-state index contributed by atoms with van der Waals surface area (Å²) in [5.41, 5.74) is 1.98. The predicted molar refractivity (Wildman–Crippen MR) is 75.0 cm³/mol. The van der Waals surface area contributed by atoms with Crippen molar-refractivity contribution < 1.29 is 9.47 Å². The van der Waals surface area contributed by atoms with Gasteiger partial charge in [-0.2, -0.15) is 0 Å². The van der Waals surface area contributed by atoms with Crippen molar-refractivity contribution in [3.63, 3.8) is 0 Å². The SMILES string of the molecule is COc1cc2nc(C3CCCCC3)[nH]c2cc1OC. The first-order chi connectivity index (χ1) is 9.31. The monoisotopic (exact) mass is 260 g/mol. The smallest absolute Gasteiger partial charge is 0.163 e. The molecule has 0 bridgehead atoms. The lowest BCUT2D eigenvalue weighted by molar-refractivity contribution is 0.356. The van der Waals surface area contributed by atoms with Gasteiger partial charge in [0.25, 0.3) is 0 Å². The van der Waals surface area contributed by atoms with Crippen molar-refractivity contribution in [2.24, 2.45) is 0 Å². The van der Waals surface area contributed by atoms with Crippen LogP contribution in [0.25, 0.3) is 11.0 Å². The normalized spacial score (nSPS) is 16.7. The number of aromatic amines is 1. The Kier molecular flexibility index (Phi) is 3.32. The van der Waals surface area contributed by atoms with Crippen LogP contribution < -0.4 is 9.47 Å². The van der Waals surface area contributed by atoms with Gasteiger partial charge in [-0.05, 0) is 12.8 Å². The minimum Gasteiger partial charge on any atom is -0.493 e. The lowest BCUT2D eigenvalue weighted by Crippen LogP contribution is -2.05. The zero-order valence-corrected chi connectivity index (χ0v) is 11.5. The fraction of sp³-hybridized carbons (Fsp3) is 0.533. The lowest BCUT2D eigenvalue weighted by atomic mass is 9.89. The van der Waals surface area contributed by atoms with Crippen LogP contribution in [0.2, 0.25) is 0 Å². The molecule has 1 N–H and O–H groups in total. The molecule has 3 rings (SSSR count). The third-order valence-electron chi connectivity index (χ3n) is 4.00. The summed E-state index contributed by atoms with van der Waals surface area (Å²) in [5, 5.41) is 0. The highest BCUT2D eigenvalue weighted by Crippen LogP contribution is 2.35. The zero-order valence-electron chi connectivity index (χ0n) is 11.5. The maximum absolute atomic E-state index is 5.33. The molecule has 4 heteroatoms. The van der Waals surface area contributed by atoms with Crippen LogP contribution in [-0.2, 0) is 0 Å². The van der Waals surface area contributed by atoms with E-state index in [0.717, 1.165) is 28.4 Å². The number of benzene rings is 1. The molecule has 1 fully saturated rings. The molecule has 102 valence electrons. The molecule has 0 spiro atoms. The number of H-pyrrole nitrogens is 1. The summed E-state index contributed by atoms with van der Waals surface area (Å²) in [5.74, 6) is 3.17. The molecule has 0 aliphatic heterocycles. The Morgan fingerprint density at radius 1 is 1.05 bits per heavy atom. The van der Waals surface area contributed by atoms with E-state index in [-0.39, 0.29) is 0 Å². The van der Waals surface area contributed by atoms with Crippen LogP contribution in [0.3, 0.4) is 0 Å². The minimum atomic E-state index is 0.582. The number of methoxy groups -OCH3 is 2. The van der Waals surface area contributed by atoms with Gasteiger partial charge in [0, 0.05) is 18.1 Å². The number of hydrogen-bond donors (Lipinski definition) is 1. The van der Waals surface area contributed by atoms with E-state index < -0.39 is 0 Å². The number of rotatable bonds is 3. The average Bonchev–Trinajstić information content (AvgIpc) is 2.89. The van der Waals surface area contributed by atoms with Crippen LogP contribution in [0.5, 0.6) is 11.5 Å². The van der Waals surface area contributed by atoms with Gasteiger partial charge in [0.1, 0.15) is 5.82 Å². The van der Waals surface area contributed by atoms with E-state index in [4.69, 9.17) is 14.5 Å². The van der Waals surface area contributed by atoms with Crippen molar-refractivity contribution >= 4 is 11.0 Å². The van der Waals surface area contributed by atoms with Crippen molar-refractivity contribution in [1.82, 2.24) is 9.97 Å². The average molecular weight is 260 g/mol. The van der Waals surface area contributed by atoms with Crippen LogP contribution in [0, 0.1) is 0 Å². The van der Waals surface area contributed by atoms with Gasteiger partial charge in [0.2, 0.25) is 0 Å². The third-order valence-corrected chi connectivity index (χ3v) is 4.00. The number of aromatic nitrogens is 2. The van der Waals surface area contributed by atoms with Gasteiger partial charge in [-0.1, -0.05) is 19.3 Å². The van der Waals surface area contributed by atoms with E-state index in [2.05, 4.69) is 4.98 Å². The van der Waals surface area contributed by atoms with Gasteiger partial charge in [-0.3, -0.25) is 0 Å². The molecule has 1 heterocycles. The molecule has 1 aromatic heterocycles. The summed E-state index contributed by atoms with van der Waals surface area (Å²) >= 11 is 0. The molecule has 0 unspecified atom stereocenters. The predicted octanol–water partition coefficient (Wildman–Crippen LogP) is 3.63. The van der Waals surface area contributed by atoms with Crippen molar-refractivity contribution in [1.29, 1.82) is 0 Å². The Hall–Kier alpha value is -1.71. The molecule has 0 radical (unpaired) electrons. The van der Waals surface area contributed by atoms with Crippen LogP contribution in [0.1, 0.15) is 43.8 Å². The van der Waals surface area contributed by atoms with E-state index in [0.29, 0.717) is 5.92 Å². The maximum atomic E-state index is 5.33. The molecule has 1 aliphatic carbocycles. The second-order valence-corrected chi connectivity index (χ2v) is 5.18. The molecular formula is C15H20N2O2. The Labute approximate surface area is 113 Å². The Balaban J connectivity index is 1.99. The molecule has 1 aliphatic rings. The molecule has 2 aromatic rings. The van der Waals surface area contributed by atoms with Crippen LogP contribution in [0.4, 0.5) is 0 Å². The fourth-order valence-electron chi connectivity index (χ4n) is 2.93. The molecular weight excluding hydrogens is 240 g/mol. The topological polar surface area (TPSA) is 47.1 Å². The Morgan fingerprint density at radius 3 is 2.42 bits per heavy atom.